The van der Waals surface area contributed by atoms with Crippen LogP contribution in [0.15, 0.2) is 49.3 Å². The van der Waals surface area contributed by atoms with Crippen molar-refractivity contribution < 1.29 is 16.8 Å². The van der Waals surface area contributed by atoms with Gasteiger partial charge in [0, 0.05) is 19.1 Å². The van der Waals surface area contributed by atoms with Crippen molar-refractivity contribution in [1.29, 1.82) is 0 Å². The minimum absolute atomic E-state index is 0.249. The molecule has 1 N–H and O–H groups in total. The van der Waals surface area contributed by atoms with Gasteiger partial charge in [-0.2, -0.15) is 4.31 Å². The van der Waals surface area contributed by atoms with Crippen LogP contribution in [0.4, 0.5) is 0 Å². The van der Waals surface area contributed by atoms with Gasteiger partial charge in [-0.25, -0.2) is 21.6 Å². The van der Waals surface area contributed by atoms with Crippen LogP contribution in [0, 0.1) is 6.92 Å². The molecule has 0 radical (unpaired) electrons. The molecule has 2 aromatic rings. The molecule has 142 valence electrons. The first kappa shape index (κ1) is 20.0. The quantitative estimate of drug-likeness (QED) is 0.715. The van der Waals surface area contributed by atoms with Gasteiger partial charge in [-0.15, -0.1) is 11.3 Å². The van der Waals surface area contributed by atoms with Gasteiger partial charge in [0.25, 0.3) is 0 Å². The maximum Gasteiger partial charge on any atom is 0.250 e. The van der Waals surface area contributed by atoms with Gasteiger partial charge in [0.05, 0.1) is 8.68 Å². The monoisotopic (exact) mass is 478 g/mol. The Morgan fingerprint density at radius 1 is 1.04 bits per heavy atom. The SMILES string of the molecule is Cc1ccc(S(=O)(=O)N2CCC(NS(=O)(=O)c3ccc(Br)s3)CC2)cc1. The fourth-order valence-corrected chi connectivity index (χ4v) is 7.59. The van der Waals surface area contributed by atoms with E-state index >= 15 is 0 Å². The van der Waals surface area contributed by atoms with Crippen LogP contribution in [-0.2, 0) is 20.0 Å². The summed E-state index contributed by atoms with van der Waals surface area (Å²) in [6.07, 6.45) is 0.883. The molecule has 10 heteroatoms. The Kier molecular flexibility index (Phi) is 5.90. The molecule has 1 fully saturated rings. The molecule has 0 amide bonds. The summed E-state index contributed by atoms with van der Waals surface area (Å²) < 4.78 is 55.3. The molecular weight excluding hydrogens is 460 g/mol. The highest BCUT2D eigenvalue weighted by atomic mass is 79.9. The Labute approximate surface area is 166 Å². The molecule has 0 spiro atoms. The molecule has 6 nitrogen and oxygen atoms in total. The average molecular weight is 479 g/mol. The van der Waals surface area contributed by atoms with Crippen molar-refractivity contribution in [2.75, 3.05) is 13.1 Å². The van der Waals surface area contributed by atoms with E-state index in [-0.39, 0.29) is 28.2 Å². The minimum atomic E-state index is -3.58. The molecular formula is C16H19BrN2O4S3. The summed E-state index contributed by atoms with van der Waals surface area (Å²) in [4.78, 5) is 0.269. The molecule has 0 bridgehead atoms. The predicted molar refractivity (Wildman–Crippen MR) is 105 cm³/mol. The van der Waals surface area contributed by atoms with Crippen molar-refractivity contribution >= 4 is 47.3 Å². The van der Waals surface area contributed by atoms with Crippen LogP contribution in [0.1, 0.15) is 18.4 Å². The van der Waals surface area contributed by atoms with Crippen molar-refractivity contribution in [3.63, 3.8) is 0 Å². The number of nitrogens with one attached hydrogen (secondary N) is 1. The Bertz CT molecular complexity index is 977. The number of aryl methyl sites for hydroxylation is 1. The summed E-state index contributed by atoms with van der Waals surface area (Å²) in [6, 6.07) is 9.72. The van der Waals surface area contributed by atoms with E-state index in [0.717, 1.165) is 20.7 Å². The van der Waals surface area contributed by atoms with E-state index < -0.39 is 20.0 Å². The molecule has 1 aliphatic rings. The van der Waals surface area contributed by atoms with E-state index in [1.165, 1.54) is 4.31 Å². The Balaban J connectivity index is 1.65. The standard InChI is InChI=1S/C16H19BrN2O4S3/c1-12-2-4-14(5-3-12)26(22,23)19-10-8-13(9-11-19)18-25(20,21)16-7-6-15(17)24-16/h2-7,13,18H,8-11H2,1H3. The van der Waals surface area contributed by atoms with E-state index in [9.17, 15) is 16.8 Å². The highest BCUT2D eigenvalue weighted by molar-refractivity contribution is 9.11. The van der Waals surface area contributed by atoms with Gasteiger partial charge in [0.1, 0.15) is 4.21 Å². The number of hydrogen-bond acceptors (Lipinski definition) is 5. The molecule has 0 aliphatic carbocycles. The summed E-state index contributed by atoms with van der Waals surface area (Å²) >= 11 is 4.41. The van der Waals surface area contributed by atoms with Crippen LogP contribution in [0.25, 0.3) is 0 Å². The van der Waals surface area contributed by atoms with Crippen LogP contribution in [0.2, 0.25) is 0 Å². The van der Waals surface area contributed by atoms with E-state index in [0.29, 0.717) is 12.8 Å². The van der Waals surface area contributed by atoms with Crippen molar-refractivity contribution in [2.24, 2.45) is 0 Å². The van der Waals surface area contributed by atoms with Crippen LogP contribution < -0.4 is 4.72 Å². The van der Waals surface area contributed by atoms with Crippen LogP contribution in [0.3, 0.4) is 0 Å². The number of piperidine rings is 1. The molecule has 1 aromatic carbocycles. The number of thiophene rings is 1. The number of benzene rings is 1. The number of nitrogens with zero attached hydrogens (tertiary/aromatic N) is 1. The Morgan fingerprint density at radius 2 is 1.65 bits per heavy atom. The second-order valence-corrected chi connectivity index (χ2v) is 12.5. The molecule has 2 heterocycles. The molecule has 0 atom stereocenters. The molecule has 1 aliphatic heterocycles. The lowest BCUT2D eigenvalue weighted by molar-refractivity contribution is 0.308. The van der Waals surface area contributed by atoms with Crippen molar-refractivity contribution in [3.8, 4) is 0 Å². The minimum Gasteiger partial charge on any atom is -0.207 e. The normalized spacial score (nSPS) is 17.5. The fourth-order valence-electron chi connectivity index (χ4n) is 2.79. The average Bonchev–Trinajstić information content (AvgIpc) is 3.03. The second kappa shape index (κ2) is 7.69. The van der Waals surface area contributed by atoms with Gasteiger partial charge in [0.2, 0.25) is 20.0 Å². The number of rotatable bonds is 5. The highest BCUT2D eigenvalue weighted by Crippen LogP contribution is 2.27. The maximum atomic E-state index is 12.7. The summed E-state index contributed by atoms with van der Waals surface area (Å²) in [7, 11) is -7.12. The Hall–Kier alpha value is -0.780. The number of hydrogen-bond donors (Lipinski definition) is 1. The predicted octanol–water partition coefficient (Wildman–Crippen LogP) is 2.95. The summed E-state index contributed by atoms with van der Waals surface area (Å²) in [5.41, 5.74) is 0.997. The van der Waals surface area contributed by atoms with E-state index in [4.69, 9.17) is 0 Å². The largest absolute Gasteiger partial charge is 0.250 e. The second-order valence-electron chi connectivity index (χ2n) is 6.17. The van der Waals surface area contributed by atoms with Gasteiger partial charge in [-0.3, -0.25) is 0 Å². The van der Waals surface area contributed by atoms with Gasteiger partial charge >= 0.3 is 0 Å². The van der Waals surface area contributed by atoms with Gasteiger partial charge in [-0.05, 0) is 60.0 Å². The third-order valence-electron chi connectivity index (χ3n) is 4.25. The lowest BCUT2D eigenvalue weighted by Gasteiger charge is -2.31. The fraction of sp³-hybridized carbons (Fsp3) is 0.375. The molecule has 26 heavy (non-hydrogen) atoms. The molecule has 3 rings (SSSR count). The third kappa shape index (κ3) is 4.37. The van der Waals surface area contributed by atoms with E-state index in [2.05, 4.69) is 20.7 Å². The highest BCUT2D eigenvalue weighted by Gasteiger charge is 2.31. The third-order valence-corrected chi connectivity index (χ3v) is 9.80. The van der Waals surface area contributed by atoms with E-state index in [1.54, 1.807) is 36.4 Å². The maximum absolute atomic E-state index is 12.7. The zero-order valence-electron chi connectivity index (χ0n) is 14.1. The topological polar surface area (TPSA) is 83.6 Å². The van der Waals surface area contributed by atoms with Crippen LogP contribution >= 0.6 is 27.3 Å². The first-order chi connectivity index (χ1) is 12.2. The first-order valence-electron chi connectivity index (χ1n) is 8.03. The van der Waals surface area contributed by atoms with Crippen LogP contribution in [0.5, 0.6) is 0 Å². The summed E-state index contributed by atoms with van der Waals surface area (Å²) in [6.45, 7) is 2.48. The van der Waals surface area contributed by atoms with Crippen molar-refractivity contribution in [1.82, 2.24) is 9.03 Å². The van der Waals surface area contributed by atoms with Gasteiger partial charge in [0.15, 0.2) is 0 Å². The summed E-state index contributed by atoms with van der Waals surface area (Å²) in [5, 5.41) is 0. The number of sulfonamides is 2. The number of halogens is 1. The zero-order valence-corrected chi connectivity index (χ0v) is 18.1. The summed E-state index contributed by atoms with van der Waals surface area (Å²) in [5.74, 6) is 0. The van der Waals surface area contributed by atoms with Gasteiger partial charge in [-0.1, -0.05) is 17.7 Å². The Morgan fingerprint density at radius 3 is 2.19 bits per heavy atom. The molecule has 1 saturated heterocycles. The van der Waals surface area contributed by atoms with Crippen molar-refractivity contribution in [2.45, 2.75) is 34.9 Å². The van der Waals surface area contributed by atoms with E-state index in [1.807, 2.05) is 6.92 Å². The lowest BCUT2D eigenvalue weighted by atomic mass is 10.1. The zero-order chi connectivity index (χ0) is 18.9. The molecule has 1 aromatic heterocycles. The van der Waals surface area contributed by atoms with Gasteiger partial charge < -0.3 is 0 Å². The van der Waals surface area contributed by atoms with Crippen LogP contribution in [-0.4, -0.2) is 40.3 Å². The lowest BCUT2D eigenvalue weighted by Crippen LogP contribution is -2.46. The smallest absolute Gasteiger partial charge is 0.207 e. The molecule has 0 saturated carbocycles. The molecule has 0 unspecified atom stereocenters. The first-order valence-corrected chi connectivity index (χ1v) is 12.6. The van der Waals surface area contributed by atoms with Crippen molar-refractivity contribution in [3.05, 3.63) is 45.7 Å².